The van der Waals surface area contributed by atoms with Gasteiger partial charge in [0.25, 0.3) is 0 Å². The number of benzene rings is 1. The summed E-state index contributed by atoms with van der Waals surface area (Å²) >= 11 is 19.3. The van der Waals surface area contributed by atoms with Gasteiger partial charge in [0.1, 0.15) is 10.5 Å². The highest BCUT2D eigenvalue weighted by Gasteiger charge is 2.13. The topological polar surface area (TPSA) is 38.9 Å². The second-order valence-electron chi connectivity index (χ2n) is 2.64. The standard InChI is InChI=1S/C8H5Cl3N2S/c9-3-1-4(10)7-8(6(3)11)14-5(2-12)13-7/h1H,2,12H2. The number of hydrogen-bond acceptors (Lipinski definition) is 3. The van der Waals surface area contributed by atoms with Crippen molar-refractivity contribution in [3.8, 4) is 0 Å². The number of aromatic nitrogens is 1. The second kappa shape index (κ2) is 3.83. The van der Waals surface area contributed by atoms with Crippen molar-refractivity contribution >= 4 is 56.4 Å². The fraction of sp³-hybridized carbons (Fsp3) is 0.125. The molecule has 6 heteroatoms. The Bertz CT molecular complexity index is 495. The van der Waals surface area contributed by atoms with Crippen LogP contribution in [-0.2, 0) is 6.54 Å². The van der Waals surface area contributed by atoms with Gasteiger partial charge >= 0.3 is 0 Å². The van der Waals surface area contributed by atoms with Gasteiger partial charge in [-0.3, -0.25) is 0 Å². The van der Waals surface area contributed by atoms with Gasteiger partial charge < -0.3 is 5.73 Å². The molecular formula is C8H5Cl3N2S. The summed E-state index contributed by atoms with van der Waals surface area (Å²) in [4.78, 5) is 4.25. The molecular weight excluding hydrogens is 263 g/mol. The van der Waals surface area contributed by atoms with Crippen molar-refractivity contribution in [2.45, 2.75) is 6.54 Å². The summed E-state index contributed by atoms with van der Waals surface area (Å²) < 4.78 is 0.796. The summed E-state index contributed by atoms with van der Waals surface area (Å²) in [5, 5.41) is 2.23. The van der Waals surface area contributed by atoms with Gasteiger partial charge in [0.15, 0.2) is 0 Å². The SMILES string of the molecule is NCc1nc2c(Cl)cc(Cl)c(Cl)c2s1. The lowest BCUT2D eigenvalue weighted by Crippen LogP contribution is -1.93. The average molecular weight is 268 g/mol. The van der Waals surface area contributed by atoms with Crippen molar-refractivity contribution in [1.82, 2.24) is 4.98 Å². The van der Waals surface area contributed by atoms with Crippen molar-refractivity contribution in [2.75, 3.05) is 0 Å². The minimum Gasteiger partial charge on any atom is -0.325 e. The first-order chi connectivity index (χ1) is 6.63. The lowest BCUT2D eigenvalue weighted by molar-refractivity contribution is 1.05. The molecule has 0 fully saturated rings. The largest absolute Gasteiger partial charge is 0.325 e. The molecule has 2 nitrogen and oxygen atoms in total. The molecule has 2 N–H and O–H groups in total. The highest BCUT2D eigenvalue weighted by Crippen LogP contribution is 2.38. The van der Waals surface area contributed by atoms with Crippen LogP contribution in [0.15, 0.2) is 6.07 Å². The van der Waals surface area contributed by atoms with E-state index in [1.807, 2.05) is 0 Å². The zero-order valence-electron chi connectivity index (χ0n) is 6.85. The van der Waals surface area contributed by atoms with Crippen LogP contribution in [0, 0.1) is 0 Å². The summed E-state index contributed by atoms with van der Waals surface area (Å²) in [7, 11) is 0. The number of rotatable bonds is 1. The molecule has 74 valence electrons. The van der Waals surface area contributed by atoms with Crippen molar-refractivity contribution in [3.63, 3.8) is 0 Å². The first-order valence-corrected chi connectivity index (χ1v) is 5.71. The van der Waals surface area contributed by atoms with E-state index in [9.17, 15) is 0 Å². The Morgan fingerprint density at radius 3 is 2.64 bits per heavy atom. The Morgan fingerprint density at radius 1 is 1.29 bits per heavy atom. The van der Waals surface area contributed by atoms with Gasteiger partial charge in [0.05, 0.1) is 19.8 Å². The summed E-state index contributed by atoms with van der Waals surface area (Å²) in [6.07, 6.45) is 0. The number of fused-ring (bicyclic) bond motifs is 1. The first kappa shape index (κ1) is 10.5. The van der Waals surface area contributed by atoms with Gasteiger partial charge in [-0.2, -0.15) is 0 Å². The maximum Gasteiger partial charge on any atom is 0.108 e. The smallest absolute Gasteiger partial charge is 0.108 e. The van der Waals surface area contributed by atoms with Gasteiger partial charge in [-0.15, -0.1) is 11.3 Å². The van der Waals surface area contributed by atoms with Crippen molar-refractivity contribution in [3.05, 3.63) is 26.1 Å². The number of hydrogen-bond donors (Lipinski definition) is 1. The molecule has 14 heavy (non-hydrogen) atoms. The predicted molar refractivity (Wildman–Crippen MR) is 62.5 cm³/mol. The van der Waals surface area contributed by atoms with E-state index >= 15 is 0 Å². The molecule has 0 amide bonds. The van der Waals surface area contributed by atoms with Gasteiger partial charge in [0, 0.05) is 6.54 Å². The highest BCUT2D eigenvalue weighted by atomic mass is 35.5. The summed E-state index contributed by atoms with van der Waals surface area (Å²) in [6.45, 7) is 0.379. The Morgan fingerprint density at radius 2 is 2.00 bits per heavy atom. The van der Waals surface area contributed by atoms with E-state index in [1.54, 1.807) is 6.07 Å². The van der Waals surface area contributed by atoms with Crippen LogP contribution in [-0.4, -0.2) is 4.98 Å². The molecule has 1 aromatic carbocycles. The fourth-order valence-electron chi connectivity index (χ4n) is 1.11. The lowest BCUT2D eigenvalue weighted by Gasteiger charge is -1.97. The maximum absolute atomic E-state index is 6.01. The Kier molecular flexibility index (Phi) is 2.86. The summed E-state index contributed by atoms with van der Waals surface area (Å²) in [5.74, 6) is 0. The minimum absolute atomic E-state index is 0.379. The van der Waals surface area contributed by atoms with Crippen LogP contribution in [0.25, 0.3) is 10.2 Å². The van der Waals surface area contributed by atoms with Crippen LogP contribution in [0.4, 0.5) is 0 Å². The van der Waals surface area contributed by atoms with E-state index in [-0.39, 0.29) is 0 Å². The van der Waals surface area contributed by atoms with Gasteiger partial charge in [0.2, 0.25) is 0 Å². The van der Waals surface area contributed by atoms with E-state index in [0.29, 0.717) is 27.1 Å². The van der Waals surface area contributed by atoms with E-state index in [2.05, 4.69) is 4.98 Å². The molecule has 0 saturated carbocycles. The molecule has 0 bridgehead atoms. The Labute approximate surface area is 99.6 Å². The molecule has 0 radical (unpaired) electrons. The third-order valence-electron chi connectivity index (χ3n) is 1.73. The van der Waals surface area contributed by atoms with Crippen molar-refractivity contribution < 1.29 is 0 Å². The van der Waals surface area contributed by atoms with Crippen LogP contribution in [0.5, 0.6) is 0 Å². The van der Waals surface area contributed by atoms with E-state index in [4.69, 9.17) is 40.5 Å². The number of nitrogens with two attached hydrogens (primary N) is 1. The van der Waals surface area contributed by atoms with Crippen molar-refractivity contribution in [2.24, 2.45) is 5.73 Å². The molecule has 0 saturated heterocycles. The van der Waals surface area contributed by atoms with Gasteiger partial charge in [-0.05, 0) is 6.07 Å². The Hall–Kier alpha value is -0.0600. The molecule has 0 unspecified atom stereocenters. The molecule has 0 aliphatic rings. The highest BCUT2D eigenvalue weighted by molar-refractivity contribution is 7.19. The van der Waals surface area contributed by atoms with Crippen molar-refractivity contribution in [1.29, 1.82) is 0 Å². The van der Waals surface area contributed by atoms with Crippen LogP contribution < -0.4 is 5.73 Å². The van der Waals surface area contributed by atoms with E-state index < -0.39 is 0 Å². The van der Waals surface area contributed by atoms with E-state index in [1.165, 1.54) is 11.3 Å². The van der Waals surface area contributed by atoms with Gasteiger partial charge in [-0.1, -0.05) is 34.8 Å². The normalized spacial score (nSPS) is 11.1. The average Bonchev–Trinajstić information content (AvgIpc) is 2.58. The molecule has 2 aromatic rings. The minimum atomic E-state index is 0.379. The molecule has 1 heterocycles. The second-order valence-corrected chi connectivity index (χ2v) is 4.92. The van der Waals surface area contributed by atoms with Crippen LogP contribution in [0.2, 0.25) is 15.1 Å². The summed E-state index contributed by atoms with van der Waals surface area (Å²) in [6, 6.07) is 1.59. The van der Waals surface area contributed by atoms with Crippen LogP contribution in [0.1, 0.15) is 5.01 Å². The molecule has 0 spiro atoms. The van der Waals surface area contributed by atoms with Crippen LogP contribution in [0.3, 0.4) is 0 Å². The molecule has 1 aromatic heterocycles. The van der Waals surface area contributed by atoms with E-state index in [0.717, 1.165) is 9.71 Å². The number of thiazole rings is 1. The third kappa shape index (κ3) is 1.59. The monoisotopic (exact) mass is 266 g/mol. The van der Waals surface area contributed by atoms with Crippen LogP contribution >= 0.6 is 46.1 Å². The first-order valence-electron chi connectivity index (χ1n) is 3.76. The Balaban J connectivity index is 2.84. The molecule has 0 atom stereocenters. The zero-order chi connectivity index (χ0) is 10.3. The summed E-state index contributed by atoms with van der Waals surface area (Å²) in [5.41, 5.74) is 6.15. The number of nitrogens with zero attached hydrogens (tertiary/aromatic N) is 1. The molecule has 0 aliphatic heterocycles. The maximum atomic E-state index is 6.01. The quantitative estimate of drug-likeness (QED) is 0.800. The lowest BCUT2D eigenvalue weighted by atomic mass is 10.3. The fourth-order valence-corrected chi connectivity index (χ4v) is 2.90. The third-order valence-corrected chi connectivity index (χ3v) is 4.02. The zero-order valence-corrected chi connectivity index (χ0v) is 9.94. The number of halogens is 3. The predicted octanol–water partition coefficient (Wildman–Crippen LogP) is 3.72. The molecule has 2 rings (SSSR count). The molecule has 0 aliphatic carbocycles. The van der Waals surface area contributed by atoms with Gasteiger partial charge in [-0.25, -0.2) is 4.98 Å².